The zero-order valence-electron chi connectivity index (χ0n) is 11.3. The average Bonchev–Trinajstić information content (AvgIpc) is 2.36. The average molecular weight is 332 g/mol. The third kappa shape index (κ3) is 5.21. The Morgan fingerprint density at radius 2 is 2.22 bits per heavy atom. The number of benzene rings is 1. The summed E-state index contributed by atoms with van der Waals surface area (Å²) >= 11 is 5.30. The first-order valence-electron chi connectivity index (χ1n) is 6.33. The van der Waals surface area contributed by atoms with Crippen LogP contribution in [0.3, 0.4) is 0 Å². The predicted molar refractivity (Wildman–Crippen MR) is 84.7 cm³/mol. The molecular weight excluding hydrogens is 310 g/mol. The summed E-state index contributed by atoms with van der Waals surface area (Å²) in [6.45, 7) is 6.14. The highest BCUT2D eigenvalue weighted by molar-refractivity contribution is 9.10. The van der Waals surface area contributed by atoms with Crippen LogP contribution in [0, 0.1) is 0 Å². The largest absolute Gasteiger partial charge is 0.492 e. The van der Waals surface area contributed by atoms with E-state index in [1.54, 1.807) is 11.8 Å². The Kier molecular flexibility index (Phi) is 7.79. The molecule has 1 atom stereocenters. The van der Waals surface area contributed by atoms with Crippen molar-refractivity contribution in [2.24, 2.45) is 0 Å². The van der Waals surface area contributed by atoms with Crippen LogP contribution in [0.15, 0.2) is 22.7 Å². The van der Waals surface area contributed by atoms with Crippen molar-refractivity contribution in [1.82, 2.24) is 5.32 Å². The van der Waals surface area contributed by atoms with E-state index in [0.29, 0.717) is 6.04 Å². The summed E-state index contributed by atoms with van der Waals surface area (Å²) in [6, 6.07) is 6.58. The van der Waals surface area contributed by atoms with Crippen molar-refractivity contribution >= 4 is 27.7 Å². The molecule has 4 heteroatoms. The summed E-state index contributed by atoms with van der Waals surface area (Å²) in [6.07, 6.45) is 3.24. The first-order chi connectivity index (χ1) is 8.69. The molecule has 18 heavy (non-hydrogen) atoms. The normalized spacial score (nSPS) is 12.4. The molecular formula is C14H22BrNOS. The molecule has 1 aromatic carbocycles. The fraction of sp³-hybridized carbons (Fsp3) is 0.571. The maximum absolute atomic E-state index is 5.87. The van der Waals surface area contributed by atoms with Gasteiger partial charge < -0.3 is 10.1 Å². The lowest BCUT2D eigenvalue weighted by molar-refractivity contribution is 0.336. The summed E-state index contributed by atoms with van der Waals surface area (Å²) < 4.78 is 6.93. The van der Waals surface area contributed by atoms with E-state index in [0.717, 1.165) is 35.5 Å². The molecule has 0 aliphatic carbocycles. The van der Waals surface area contributed by atoms with Crippen molar-refractivity contribution in [3.8, 4) is 5.75 Å². The van der Waals surface area contributed by atoms with Crippen molar-refractivity contribution in [1.29, 1.82) is 0 Å². The zero-order chi connectivity index (χ0) is 13.4. The van der Waals surface area contributed by atoms with Gasteiger partial charge in [0.05, 0.1) is 6.61 Å². The standard InChI is InChI=1S/C14H22BrNOS/c1-4-7-16-11(2)13-6-5-12(15)10-14(13)17-8-9-18-3/h5-6,10-11,16H,4,7-9H2,1-3H3. The molecule has 0 fully saturated rings. The van der Waals surface area contributed by atoms with E-state index in [-0.39, 0.29) is 0 Å². The fourth-order valence-electron chi connectivity index (χ4n) is 1.70. The first-order valence-corrected chi connectivity index (χ1v) is 8.52. The van der Waals surface area contributed by atoms with Crippen LogP contribution in [0.25, 0.3) is 0 Å². The van der Waals surface area contributed by atoms with Crippen LogP contribution >= 0.6 is 27.7 Å². The Bertz CT molecular complexity index is 360. The Morgan fingerprint density at radius 1 is 1.44 bits per heavy atom. The van der Waals surface area contributed by atoms with Gasteiger partial charge >= 0.3 is 0 Å². The number of rotatable bonds is 8. The third-order valence-electron chi connectivity index (χ3n) is 2.69. The van der Waals surface area contributed by atoms with Gasteiger partial charge in [-0.2, -0.15) is 11.8 Å². The predicted octanol–water partition coefficient (Wildman–Crippen LogP) is 4.25. The molecule has 0 radical (unpaired) electrons. The molecule has 0 heterocycles. The van der Waals surface area contributed by atoms with Crippen LogP contribution < -0.4 is 10.1 Å². The van der Waals surface area contributed by atoms with Crippen LogP contribution in [-0.4, -0.2) is 25.2 Å². The SMILES string of the molecule is CCCNC(C)c1ccc(Br)cc1OCCSC. The number of halogens is 1. The molecule has 1 N–H and O–H groups in total. The molecule has 0 aliphatic rings. The molecule has 0 saturated carbocycles. The van der Waals surface area contributed by atoms with E-state index in [4.69, 9.17) is 4.74 Å². The smallest absolute Gasteiger partial charge is 0.125 e. The lowest BCUT2D eigenvalue weighted by Gasteiger charge is -2.18. The molecule has 1 aromatic rings. The number of hydrogen-bond donors (Lipinski definition) is 1. The van der Waals surface area contributed by atoms with E-state index in [1.807, 2.05) is 0 Å². The van der Waals surface area contributed by atoms with Crippen LogP contribution in [0.4, 0.5) is 0 Å². The quantitative estimate of drug-likeness (QED) is 0.719. The van der Waals surface area contributed by atoms with E-state index in [1.165, 1.54) is 5.56 Å². The van der Waals surface area contributed by atoms with E-state index in [2.05, 4.69) is 59.5 Å². The number of thioether (sulfide) groups is 1. The number of ether oxygens (including phenoxy) is 1. The lowest BCUT2D eigenvalue weighted by Crippen LogP contribution is -2.20. The molecule has 1 rings (SSSR count). The van der Waals surface area contributed by atoms with Gasteiger partial charge in [-0.3, -0.25) is 0 Å². The maximum atomic E-state index is 5.87. The minimum absolute atomic E-state index is 0.322. The van der Waals surface area contributed by atoms with Gasteiger partial charge in [-0.15, -0.1) is 0 Å². The summed E-state index contributed by atoms with van der Waals surface area (Å²) in [5.41, 5.74) is 1.23. The molecule has 1 unspecified atom stereocenters. The molecule has 0 saturated heterocycles. The van der Waals surface area contributed by atoms with Gasteiger partial charge in [-0.25, -0.2) is 0 Å². The zero-order valence-corrected chi connectivity index (χ0v) is 13.7. The minimum Gasteiger partial charge on any atom is -0.492 e. The number of nitrogens with one attached hydrogen (secondary N) is 1. The first kappa shape index (κ1) is 15.9. The van der Waals surface area contributed by atoms with Gasteiger partial charge in [-0.05, 0) is 38.3 Å². The monoisotopic (exact) mass is 331 g/mol. The topological polar surface area (TPSA) is 21.3 Å². The minimum atomic E-state index is 0.322. The van der Waals surface area contributed by atoms with Crippen molar-refractivity contribution < 1.29 is 4.74 Å². The van der Waals surface area contributed by atoms with Gasteiger partial charge in [-0.1, -0.05) is 28.9 Å². The van der Waals surface area contributed by atoms with E-state index < -0.39 is 0 Å². The van der Waals surface area contributed by atoms with Gasteiger partial charge in [0.1, 0.15) is 5.75 Å². The fourth-order valence-corrected chi connectivity index (χ4v) is 2.29. The Morgan fingerprint density at radius 3 is 2.89 bits per heavy atom. The summed E-state index contributed by atoms with van der Waals surface area (Å²) in [4.78, 5) is 0. The van der Waals surface area contributed by atoms with Crippen molar-refractivity contribution in [2.45, 2.75) is 26.3 Å². The van der Waals surface area contributed by atoms with Gasteiger partial charge in [0.2, 0.25) is 0 Å². The van der Waals surface area contributed by atoms with Crippen molar-refractivity contribution in [3.63, 3.8) is 0 Å². The van der Waals surface area contributed by atoms with Crippen LogP contribution in [-0.2, 0) is 0 Å². The Balaban J connectivity index is 2.74. The van der Waals surface area contributed by atoms with Crippen LogP contribution in [0.5, 0.6) is 5.75 Å². The van der Waals surface area contributed by atoms with Gasteiger partial charge in [0.25, 0.3) is 0 Å². The summed E-state index contributed by atoms with van der Waals surface area (Å²) in [7, 11) is 0. The van der Waals surface area contributed by atoms with Gasteiger partial charge in [0, 0.05) is 21.8 Å². The number of hydrogen-bond acceptors (Lipinski definition) is 3. The molecule has 0 bridgehead atoms. The molecule has 2 nitrogen and oxygen atoms in total. The van der Waals surface area contributed by atoms with Crippen LogP contribution in [0.2, 0.25) is 0 Å². The molecule has 0 amide bonds. The lowest BCUT2D eigenvalue weighted by atomic mass is 10.1. The second kappa shape index (κ2) is 8.83. The van der Waals surface area contributed by atoms with Gasteiger partial charge in [0.15, 0.2) is 0 Å². The van der Waals surface area contributed by atoms with E-state index in [9.17, 15) is 0 Å². The highest BCUT2D eigenvalue weighted by Gasteiger charge is 2.11. The van der Waals surface area contributed by atoms with Crippen molar-refractivity contribution in [2.75, 3.05) is 25.2 Å². The molecule has 0 aromatic heterocycles. The maximum Gasteiger partial charge on any atom is 0.125 e. The molecule has 0 spiro atoms. The summed E-state index contributed by atoms with van der Waals surface area (Å²) in [5.74, 6) is 2.00. The van der Waals surface area contributed by atoms with Crippen LogP contribution in [0.1, 0.15) is 31.9 Å². The Labute approximate surface area is 123 Å². The second-order valence-electron chi connectivity index (χ2n) is 4.20. The summed E-state index contributed by atoms with van der Waals surface area (Å²) in [5, 5.41) is 3.50. The highest BCUT2D eigenvalue weighted by Crippen LogP contribution is 2.28. The third-order valence-corrected chi connectivity index (χ3v) is 3.76. The molecule has 102 valence electrons. The second-order valence-corrected chi connectivity index (χ2v) is 6.10. The molecule has 0 aliphatic heterocycles. The Hall–Kier alpha value is -0.190. The highest BCUT2D eigenvalue weighted by atomic mass is 79.9. The van der Waals surface area contributed by atoms with Crippen molar-refractivity contribution in [3.05, 3.63) is 28.2 Å². The van der Waals surface area contributed by atoms with E-state index >= 15 is 0 Å².